The van der Waals surface area contributed by atoms with Gasteiger partial charge in [0.15, 0.2) is 0 Å². The van der Waals surface area contributed by atoms with Crippen molar-refractivity contribution in [2.45, 2.75) is 20.4 Å². The summed E-state index contributed by atoms with van der Waals surface area (Å²) in [5.74, 6) is 0.873. The number of rotatable bonds is 8. The molecule has 178 valence electrons. The summed E-state index contributed by atoms with van der Waals surface area (Å²) >= 11 is 6.49. The van der Waals surface area contributed by atoms with Gasteiger partial charge in [-0.2, -0.15) is 9.49 Å². The Hall–Kier alpha value is -3.77. The van der Waals surface area contributed by atoms with Crippen molar-refractivity contribution >= 4 is 22.6 Å². The van der Waals surface area contributed by atoms with Crippen molar-refractivity contribution < 1.29 is 18.3 Å². The molecule has 5 nitrogen and oxygen atoms in total. The Morgan fingerprint density at radius 1 is 0.971 bits per heavy atom. The third-order valence-electron chi connectivity index (χ3n) is 5.63. The smallest absolute Gasteiger partial charge is 0.249 e. The van der Waals surface area contributed by atoms with Crippen LogP contribution in [-0.4, -0.2) is 23.0 Å². The lowest BCUT2D eigenvalue weighted by Crippen LogP contribution is -2.12. The summed E-state index contributed by atoms with van der Waals surface area (Å²) < 4.78 is 34.0. The van der Waals surface area contributed by atoms with Gasteiger partial charge in [0, 0.05) is 16.5 Å². The number of ether oxygens (including phenoxy) is 2. The highest BCUT2D eigenvalue weighted by atomic mass is 35.5. The fourth-order valence-electron chi connectivity index (χ4n) is 3.96. The third kappa shape index (κ3) is 4.75. The molecule has 0 saturated heterocycles. The predicted octanol–water partition coefficient (Wildman–Crippen LogP) is 7.54. The van der Waals surface area contributed by atoms with Gasteiger partial charge in [0.25, 0.3) is 0 Å². The van der Waals surface area contributed by atoms with Gasteiger partial charge in [-0.15, -0.1) is 0 Å². The van der Waals surface area contributed by atoms with Crippen LogP contribution < -0.4 is 9.47 Å². The van der Waals surface area contributed by atoms with Crippen LogP contribution in [0.2, 0.25) is 5.02 Å². The first-order valence-corrected chi connectivity index (χ1v) is 11.8. The fraction of sp³-hybridized carbons (Fsp3) is 0.179. The molecule has 0 saturated carbocycles. The SMILES string of the molecule is CCOc1c(F)c(-c2cccc(C)c2)nn1CCOc1ccc(-c2cc3ccccc3o2)cc1Cl. The van der Waals surface area contributed by atoms with Gasteiger partial charge in [-0.05, 0) is 50.2 Å². The van der Waals surface area contributed by atoms with E-state index in [2.05, 4.69) is 5.10 Å². The Kier molecular flexibility index (Phi) is 6.47. The lowest BCUT2D eigenvalue weighted by atomic mass is 10.1. The van der Waals surface area contributed by atoms with E-state index >= 15 is 4.39 Å². The van der Waals surface area contributed by atoms with E-state index in [4.69, 9.17) is 25.5 Å². The quantitative estimate of drug-likeness (QED) is 0.225. The van der Waals surface area contributed by atoms with Gasteiger partial charge in [0.2, 0.25) is 11.7 Å². The molecule has 0 radical (unpaired) electrons. The molecule has 0 aliphatic rings. The first-order valence-electron chi connectivity index (χ1n) is 11.4. The van der Waals surface area contributed by atoms with Crippen molar-refractivity contribution in [2.75, 3.05) is 13.2 Å². The third-order valence-corrected chi connectivity index (χ3v) is 5.92. The molecular formula is C28H24ClFN2O3. The van der Waals surface area contributed by atoms with Gasteiger partial charge in [0.05, 0.1) is 18.2 Å². The average molecular weight is 491 g/mol. The summed E-state index contributed by atoms with van der Waals surface area (Å²) in [4.78, 5) is 0. The number of fused-ring (bicyclic) bond motifs is 1. The van der Waals surface area contributed by atoms with Crippen LogP contribution in [-0.2, 0) is 6.54 Å². The monoisotopic (exact) mass is 490 g/mol. The molecule has 0 amide bonds. The van der Waals surface area contributed by atoms with Crippen LogP contribution in [0.5, 0.6) is 11.6 Å². The van der Waals surface area contributed by atoms with E-state index in [9.17, 15) is 0 Å². The van der Waals surface area contributed by atoms with E-state index in [-0.39, 0.29) is 18.2 Å². The van der Waals surface area contributed by atoms with Crippen LogP contribution >= 0.6 is 11.6 Å². The fourth-order valence-corrected chi connectivity index (χ4v) is 4.20. The van der Waals surface area contributed by atoms with Crippen molar-refractivity contribution in [1.82, 2.24) is 9.78 Å². The topological polar surface area (TPSA) is 49.4 Å². The normalized spacial score (nSPS) is 11.2. The molecule has 0 N–H and O–H groups in total. The molecule has 3 aromatic carbocycles. The minimum Gasteiger partial charge on any atom is -0.490 e. The van der Waals surface area contributed by atoms with Crippen LogP contribution in [0.1, 0.15) is 12.5 Å². The number of aromatic nitrogens is 2. The summed E-state index contributed by atoms with van der Waals surface area (Å²) in [6.45, 7) is 4.62. The summed E-state index contributed by atoms with van der Waals surface area (Å²) in [6, 6.07) is 22.9. The van der Waals surface area contributed by atoms with Crippen molar-refractivity contribution in [3.05, 3.63) is 89.2 Å². The zero-order valence-electron chi connectivity index (χ0n) is 19.4. The van der Waals surface area contributed by atoms with Gasteiger partial charge < -0.3 is 13.9 Å². The van der Waals surface area contributed by atoms with E-state index in [1.54, 1.807) is 6.07 Å². The maximum absolute atomic E-state index is 15.1. The molecule has 7 heteroatoms. The number of hydrogen-bond donors (Lipinski definition) is 0. The zero-order chi connectivity index (χ0) is 24.4. The molecule has 0 atom stereocenters. The van der Waals surface area contributed by atoms with Gasteiger partial charge in [0.1, 0.15) is 29.4 Å². The summed E-state index contributed by atoms with van der Waals surface area (Å²) in [5, 5.41) is 5.95. The largest absolute Gasteiger partial charge is 0.490 e. The van der Waals surface area contributed by atoms with Crippen LogP contribution in [0.3, 0.4) is 0 Å². The van der Waals surface area contributed by atoms with Gasteiger partial charge in [-0.3, -0.25) is 0 Å². The molecule has 0 fully saturated rings. The Morgan fingerprint density at radius 2 is 1.83 bits per heavy atom. The number of halogens is 2. The van der Waals surface area contributed by atoms with Gasteiger partial charge in [-0.25, -0.2) is 4.68 Å². The number of aryl methyl sites for hydroxylation is 1. The number of benzene rings is 3. The van der Waals surface area contributed by atoms with E-state index in [1.807, 2.05) is 80.6 Å². The van der Waals surface area contributed by atoms with Crippen LogP contribution in [0, 0.1) is 12.7 Å². The minimum atomic E-state index is -0.481. The average Bonchev–Trinajstić information content (AvgIpc) is 3.42. The number of para-hydroxylation sites is 1. The maximum atomic E-state index is 15.1. The van der Waals surface area contributed by atoms with Crippen molar-refractivity contribution in [1.29, 1.82) is 0 Å². The zero-order valence-corrected chi connectivity index (χ0v) is 20.2. The lowest BCUT2D eigenvalue weighted by Gasteiger charge is -2.11. The Bertz CT molecular complexity index is 1460. The molecule has 0 bridgehead atoms. The van der Waals surface area contributed by atoms with Gasteiger partial charge in [-0.1, -0.05) is 53.6 Å². The van der Waals surface area contributed by atoms with Crippen molar-refractivity contribution in [3.63, 3.8) is 0 Å². The highest BCUT2D eigenvalue weighted by Gasteiger charge is 2.21. The molecule has 5 aromatic rings. The number of furan rings is 1. The molecule has 2 aromatic heterocycles. The van der Waals surface area contributed by atoms with Gasteiger partial charge >= 0.3 is 0 Å². The minimum absolute atomic E-state index is 0.0962. The van der Waals surface area contributed by atoms with Crippen molar-refractivity contribution in [2.24, 2.45) is 0 Å². The molecular weight excluding hydrogens is 467 g/mol. The molecule has 2 heterocycles. The van der Waals surface area contributed by atoms with E-state index < -0.39 is 5.82 Å². The Morgan fingerprint density at radius 3 is 2.60 bits per heavy atom. The summed E-state index contributed by atoms with van der Waals surface area (Å²) in [5.41, 5.74) is 3.66. The van der Waals surface area contributed by atoms with E-state index in [1.165, 1.54) is 4.68 Å². The van der Waals surface area contributed by atoms with Crippen LogP contribution in [0.15, 0.2) is 77.2 Å². The molecule has 0 aliphatic carbocycles. The van der Waals surface area contributed by atoms with Crippen LogP contribution in [0.4, 0.5) is 4.39 Å². The lowest BCUT2D eigenvalue weighted by molar-refractivity contribution is 0.253. The standard InChI is InChI=1S/C28H24ClFN2O3/c1-3-33-28-26(30)27(21-9-6-7-18(2)15-21)31-32(28)13-14-34-24-12-11-20(16-22(24)29)25-17-19-8-4-5-10-23(19)35-25/h4-12,15-17H,3,13-14H2,1-2H3. The molecule has 35 heavy (non-hydrogen) atoms. The molecule has 0 spiro atoms. The summed E-state index contributed by atoms with van der Waals surface area (Å²) in [6.07, 6.45) is 0. The van der Waals surface area contributed by atoms with E-state index in [0.29, 0.717) is 29.5 Å². The first kappa shape index (κ1) is 23.0. The second-order valence-electron chi connectivity index (χ2n) is 8.14. The van der Waals surface area contributed by atoms with Crippen LogP contribution in [0.25, 0.3) is 33.6 Å². The predicted molar refractivity (Wildman–Crippen MR) is 136 cm³/mol. The number of hydrogen-bond acceptors (Lipinski definition) is 4. The second kappa shape index (κ2) is 9.84. The van der Waals surface area contributed by atoms with Crippen molar-refractivity contribution in [3.8, 4) is 34.2 Å². The highest BCUT2D eigenvalue weighted by molar-refractivity contribution is 6.32. The van der Waals surface area contributed by atoms with E-state index in [0.717, 1.165) is 27.9 Å². The molecule has 5 rings (SSSR count). The second-order valence-corrected chi connectivity index (χ2v) is 8.54. The molecule has 0 aliphatic heterocycles. The Balaban J connectivity index is 1.31. The maximum Gasteiger partial charge on any atom is 0.249 e. The molecule has 0 unspecified atom stereocenters. The summed E-state index contributed by atoms with van der Waals surface area (Å²) in [7, 11) is 0. The first-order chi connectivity index (χ1) is 17.0. The Labute approximate surface area is 207 Å². The highest BCUT2D eigenvalue weighted by Crippen LogP contribution is 2.34. The number of nitrogens with zero attached hydrogens (tertiary/aromatic N) is 2.